The molecule has 6 nitrogen and oxygen atoms in total. The van der Waals surface area contributed by atoms with E-state index in [1.807, 2.05) is 13.8 Å². The summed E-state index contributed by atoms with van der Waals surface area (Å²) in [5.41, 5.74) is 1.01. The Hall–Kier alpha value is -2.24. The van der Waals surface area contributed by atoms with Crippen LogP contribution in [0.2, 0.25) is 0 Å². The summed E-state index contributed by atoms with van der Waals surface area (Å²) < 4.78 is 10.7. The number of amides is 1. The van der Waals surface area contributed by atoms with Crippen molar-refractivity contribution in [3.63, 3.8) is 0 Å². The van der Waals surface area contributed by atoms with Crippen LogP contribution in [0.5, 0.6) is 11.5 Å². The number of hydrogen-bond donors (Lipinski definition) is 1. The fourth-order valence-electron chi connectivity index (χ4n) is 1.63. The van der Waals surface area contributed by atoms with Crippen LogP contribution in [0.15, 0.2) is 23.4 Å². The van der Waals surface area contributed by atoms with Gasteiger partial charge in [0.05, 0.1) is 12.8 Å². The number of carbonyl (C=O) groups excluding carboxylic acids is 1. The van der Waals surface area contributed by atoms with E-state index in [-0.39, 0.29) is 18.6 Å². The lowest BCUT2D eigenvalue weighted by molar-refractivity contribution is -0.133. The smallest absolute Gasteiger partial charge is 0.260 e. The van der Waals surface area contributed by atoms with Crippen molar-refractivity contribution in [2.75, 3.05) is 20.8 Å². The number of carbonyl (C=O) groups is 1. The average Bonchev–Trinajstić information content (AvgIpc) is 2.50. The van der Waals surface area contributed by atoms with Crippen LogP contribution in [-0.2, 0) is 4.79 Å². The number of hydrogen-bond acceptors (Lipinski definition) is 5. The van der Waals surface area contributed by atoms with Crippen molar-refractivity contribution in [2.45, 2.75) is 26.8 Å². The molecule has 0 spiro atoms. The number of likely N-dealkylation sites (N-methyl/N-ethyl adjacent to an activating group) is 1. The molecule has 0 bridgehead atoms. The summed E-state index contributed by atoms with van der Waals surface area (Å²) in [7, 11) is 3.27. The Kier molecular flexibility index (Phi) is 6.02. The van der Waals surface area contributed by atoms with E-state index in [0.717, 1.165) is 0 Å². The predicted molar refractivity (Wildman–Crippen MR) is 80.4 cm³/mol. The summed E-state index contributed by atoms with van der Waals surface area (Å²) in [5.74, 6) is 0.914. The Morgan fingerprint density at radius 2 is 2.10 bits per heavy atom. The monoisotopic (exact) mass is 294 g/mol. The van der Waals surface area contributed by atoms with Gasteiger partial charge in [0.15, 0.2) is 6.61 Å². The molecule has 0 aromatic heterocycles. The van der Waals surface area contributed by atoms with Crippen LogP contribution in [0, 0.1) is 0 Å². The van der Waals surface area contributed by atoms with Crippen molar-refractivity contribution in [3.8, 4) is 11.5 Å². The van der Waals surface area contributed by atoms with Gasteiger partial charge in [-0.05, 0) is 32.9 Å². The van der Waals surface area contributed by atoms with Crippen molar-refractivity contribution < 1.29 is 19.5 Å². The van der Waals surface area contributed by atoms with E-state index in [2.05, 4.69) is 5.16 Å². The third-order valence-electron chi connectivity index (χ3n) is 3.25. The van der Waals surface area contributed by atoms with Crippen LogP contribution in [0.4, 0.5) is 0 Å². The zero-order chi connectivity index (χ0) is 16.0. The highest BCUT2D eigenvalue weighted by molar-refractivity contribution is 6.01. The van der Waals surface area contributed by atoms with Gasteiger partial charge in [0.2, 0.25) is 0 Å². The minimum Gasteiger partial charge on any atom is -0.497 e. The second kappa shape index (κ2) is 7.52. The van der Waals surface area contributed by atoms with Crippen LogP contribution in [0.3, 0.4) is 0 Å². The maximum atomic E-state index is 12.0. The molecule has 0 aliphatic rings. The van der Waals surface area contributed by atoms with Gasteiger partial charge >= 0.3 is 0 Å². The third kappa shape index (κ3) is 4.37. The molecule has 0 unspecified atom stereocenters. The highest BCUT2D eigenvalue weighted by atomic mass is 16.5. The molecular formula is C15H22N2O4. The van der Waals surface area contributed by atoms with E-state index in [0.29, 0.717) is 22.8 Å². The zero-order valence-corrected chi connectivity index (χ0v) is 13.1. The van der Waals surface area contributed by atoms with E-state index < -0.39 is 0 Å². The molecule has 0 fully saturated rings. The molecule has 1 amide bonds. The first-order valence-electron chi connectivity index (χ1n) is 6.66. The predicted octanol–water partition coefficient (Wildman–Crippen LogP) is 2.14. The lowest BCUT2D eigenvalue weighted by Gasteiger charge is -2.22. The molecule has 1 N–H and O–H groups in total. The fourth-order valence-corrected chi connectivity index (χ4v) is 1.63. The van der Waals surface area contributed by atoms with Gasteiger partial charge in [-0.1, -0.05) is 5.16 Å². The summed E-state index contributed by atoms with van der Waals surface area (Å²) >= 11 is 0. The summed E-state index contributed by atoms with van der Waals surface area (Å²) in [5, 5.41) is 12.1. The number of benzene rings is 1. The lowest BCUT2D eigenvalue weighted by Crippen LogP contribution is -2.36. The van der Waals surface area contributed by atoms with Crippen LogP contribution in [0.1, 0.15) is 26.3 Å². The Labute approximate surface area is 125 Å². The molecule has 1 aromatic carbocycles. The first-order valence-corrected chi connectivity index (χ1v) is 6.66. The van der Waals surface area contributed by atoms with Gasteiger partial charge in [0, 0.05) is 24.7 Å². The molecule has 0 saturated carbocycles. The number of oxime groups is 1. The van der Waals surface area contributed by atoms with Crippen LogP contribution < -0.4 is 9.47 Å². The highest BCUT2D eigenvalue weighted by Gasteiger charge is 2.15. The van der Waals surface area contributed by atoms with Gasteiger partial charge in [0.25, 0.3) is 5.91 Å². The summed E-state index contributed by atoms with van der Waals surface area (Å²) in [6.07, 6.45) is 0. The third-order valence-corrected chi connectivity index (χ3v) is 3.25. The largest absolute Gasteiger partial charge is 0.497 e. The molecular weight excluding hydrogens is 272 g/mol. The van der Waals surface area contributed by atoms with Crippen LogP contribution in [-0.4, -0.2) is 48.5 Å². The topological polar surface area (TPSA) is 71.4 Å². The van der Waals surface area contributed by atoms with Crippen molar-refractivity contribution in [2.24, 2.45) is 5.16 Å². The summed E-state index contributed by atoms with van der Waals surface area (Å²) in [6.45, 7) is 5.42. The molecule has 1 rings (SSSR count). The van der Waals surface area contributed by atoms with Gasteiger partial charge in [-0.25, -0.2) is 0 Å². The Morgan fingerprint density at radius 3 is 2.62 bits per heavy atom. The van der Waals surface area contributed by atoms with Crippen molar-refractivity contribution in [3.05, 3.63) is 23.8 Å². The number of methoxy groups -OCH3 is 1. The zero-order valence-electron chi connectivity index (χ0n) is 13.1. The van der Waals surface area contributed by atoms with E-state index in [1.165, 1.54) is 0 Å². The molecule has 0 radical (unpaired) electrons. The van der Waals surface area contributed by atoms with E-state index in [4.69, 9.17) is 14.7 Å². The molecule has 1 aromatic rings. The number of rotatable bonds is 6. The van der Waals surface area contributed by atoms with Gasteiger partial charge < -0.3 is 19.6 Å². The highest BCUT2D eigenvalue weighted by Crippen LogP contribution is 2.25. The number of ether oxygens (including phenoxy) is 2. The maximum Gasteiger partial charge on any atom is 0.260 e. The maximum absolute atomic E-state index is 12.0. The van der Waals surface area contributed by atoms with E-state index >= 15 is 0 Å². The van der Waals surface area contributed by atoms with Crippen molar-refractivity contribution >= 4 is 11.6 Å². The first kappa shape index (κ1) is 16.8. The van der Waals surface area contributed by atoms with Gasteiger partial charge in [-0.3, -0.25) is 4.79 Å². The molecule has 0 aliphatic carbocycles. The SMILES string of the molecule is COc1ccc(/C(C)=N/O)c(OCC(=O)N(C)C(C)C)c1. The normalized spacial score (nSPS) is 11.4. The average molecular weight is 294 g/mol. The molecule has 0 aliphatic heterocycles. The van der Waals surface area contributed by atoms with Gasteiger partial charge in [-0.2, -0.15) is 0 Å². The lowest BCUT2D eigenvalue weighted by atomic mass is 10.1. The summed E-state index contributed by atoms with van der Waals surface area (Å²) in [4.78, 5) is 13.6. The molecule has 0 heterocycles. The molecule has 6 heteroatoms. The van der Waals surface area contributed by atoms with Crippen LogP contribution >= 0.6 is 0 Å². The van der Waals surface area contributed by atoms with Crippen molar-refractivity contribution in [1.82, 2.24) is 4.90 Å². The second-order valence-electron chi connectivity index (χ2n) is 4.93. The fraction of sp³-hybridized carbons (Fsp3) is 0.467. The Balaban J connectivity index is 2.93. The molecule has 21 heavy (non-hydrogen) atoms. The summed E-state index contributed by atoms with van der Waals surface area (Å²) in [6, 6.07) is 5.22. The minimum atomic E-state index is -0.127. The Morgan fingerprint density at radius 1 is 1.43 bits per heavy atom. The quantitative estimate of drug-likeness (QED) is 0.496. The molecule has 116 valence electrons. The first-order chi connectivity index (χ1) is 9.90. The van der Waals surface area contributed by atoms with Gasteiger partial charge in [-0.15, -0.1) is 0 Å². The molecule has 0 atom stereocenters. The Bertz CT molecular complexity index is 526. The number of nitrogens with zero attached hydrogens (tertiary/aromatic N) is 2. The minimum absolute atomic E-state index is 0.0897. The van der Waals surface area contributed by atoms with Crippen LogP contribution in [0.25, 0.3) is 0 Å². The molecule has 0 saturated heterocycles. The second-order valence-corrected chi connectivity index (χ2v) is 4.93. The van der Waals surface area contributed by atoms with E-state index in [9.17, 15) is 4.79 Å². The van der Waals surface area contributed by atoms with Gasteiger partial charge in [0.1, 0.15) is 11.5 Å². The van der Waals surface area contributed by atoms with E-state index in [1.54, 1.807) is 44.2 Å². The standard InChI is InChI=1S/C15H22N2O4/c1-10(2)17(4)15(18)9-21-14-8-12(20-5)6-7-13(14)11(3)16-19/h6-8,10,19H,9H2,1-5H3/b16-11+. The van der Waals surface area contributed by atoms with Crippen molar-refractivity contribution in [1.29, 1.82) is 0 Å².